The Balaban J connectivity index is 1.82. The summed E-state index contributed by atoms with van der Waals surface area (Å²) in [5.41, 5.74) is 2.15. The van der Waals surface area contributed by atoms with Crippen molar-refractivity contribution in [2.24, 2.45) is 0 Å². The van der Waals surface area contributed by atoms with Gasteiger partial charge in [0.15, 0.2) is 5.13 Å². The van der Waals surface area contributed by atoms with Gasteiger partial charge in [0.1, 0.15) is 17.2 Å². The molecule has 6 nitrogen and oxygen atoms in total. The summed E-state index contributed by atoms with van der Waals surface area (Å²) in [5.74, 6) is -0.710. The zero-order valence-electron chi connectivity index (χ0n) is 13.9. The quantitative estimate of drug-likeness (QED) is 0.520. The van der Waals surface area contributed by atoms with E-state index < -0.39 is 5.97 Å². The van der Waals surface area contributed by atoms with Crippen molar-refractivity contribution in [2.75, 3.05) is 11.9 Å². The first-order chi connectivity index (χ1) is 12.0. The van der Waals surface area contributed by atoms with E-state index in [1.54, 1.807) is 18.3 Å². The zero-order chi connectivity index (χ0) is 18.0. The Morgan fingerprint density at radius 1 is 1.48 bits per heavy atom. The van der Waals surface area contributed by atoms with Crippen LogP contribution in [0.25, 0.3) is 10.2 Å². The second-order valence-corrected chi connectivity index (χ2v) is 7.17. The molecule has 3 aromatic rings. The molecule has 0 aliphatic rings. The van der Waals surface area contributed by atoms with Gasteiger partial charge in [-0.3, -0.25) is 10.1 Å². The molecule has 130 valence electrons. The summed E-state index contributed by atoms with van der Waals surface area (Å²) in [5, 5.41) is 5.16. The predicted molar refractivity (Wildman–Crippen MR) is 101 cm³/mol. The number of ether oxygens (including phenoxy) is 1. The van der Waals surface area contributed by atoms with Crippen LogP contribution in [-0.4, -0.2) is 28.0 Å². The standard InChI is InChI=1S/C17H17N3O3S2/c1-4-7-23-16(22)14-10(3)18-17(25-14)19-15(21)12-9-13-11(6-8-24-13)20(12)5-2/h4,6,8-9H,1,5,7H2,2-3H3,(H,18,19,21). The number of fused-ring (bicyclic) bond motifs is 1. The molecule has 0 fully saturated rings. The van der Waals surface area contributed by atoms with E-state index in [-0.39, 0.29) is 12.5 Å². The zero-order valence-corrected chi connectivity index (χ0v) is 15.5. The smallest absolute Gasteiger partial charge is 0.350 e. The number of nitrogens with one attached hydrogen (secondary N) is 1. The van der Waals surface area contributed by atoms with Crippen molar-refractivity contribution in [1.82, 2.24) is 9.55 Å². The van der Waals surface area contributed by atoms with E-state index in [0.29, 0.717) is 27.9 Å². The van der Waals surface area contributed by atoms with Gasteiger partial charge in [-0.1, -0.05) is 24.0 Å². The molecule has 0 aliphatic heterocycles. The van der Waals surface area contributed by atoms with Crippen molar-refractivity contribution >= 4 is 49.9 Å². The second-order valence-electron chi connectivity index (χ2n) is 5.22. The fourth-order valence-corrected chi connectivity index (χ4v) is 4.18. The Hall–Kier alpha value is -2.45. The molecule has 3 rings (SSSR count). The Morgan fingerprint density at radius 3 is 3.00 bits per heavy atom. The second kappa shape index (κ2) is 7.20. The number of carbonyl (C=O) groups is 2. The third-order valence-corrected chi connectivity index (χ3v) is 5.51. The summed E-state index contributed by atoms with van der Waals surface area (Å²) in [4.78, 5) is 29.2. The van der Waals surface area contributed by atoms with Crippen LogP contribution >= 0.6 is 22.7 Å². The van der Waals surface area contributed by atoms with Crippen molar-refractivity contribution in [3.8, 4) is 0 Å². The lowest BCUT2D eigenvalue weighted by Gasteiger charge is -2.06. The first-order valence-corrected chi connectivity index (χ1v) is 9.38. The molecule has 0 atom stereocenters. The summed E-state index contributed by atoms with van der Waals surface area (Å²) in [6.45, 7) is 8.04. The molecular weight excluding hydrogens is 358 g/mol. The molecule has 3 heterocycles. The number of aromatic nitrogens is 2. The molecule has 0 saturated carbocycles. The predicted octanol–water partition coefficient (Wildman–Crippen LogP) is 4.08. The molecule has 0 radical (unpaired) electrons. The lowest BCUT2D eigenvalue weighted by atomic mass is 10.4. The largest absolute Gasteiger partial charge is 0.457 e. The molecule has 0 aromatic carbocycles. The fraction of sp³-hybridized carbons (Fsp3) is 0.235. The van der Waals surface area contributed by atoms with Gasteiger partial charge in [-0.25, -0.2) is 9.78 Å². The minimum atomic E-state index is -0.465. The van der Waals surface area contributed by atoms with Gasteiger partial charge in [0.05, 0.1) is 15.9 Å². The molecule has 0 spiro atoms. The first-order valence-electron chi connectivity index (χ1n) is 7.68. The van der Waals surface area contributed by atoms with Gasteiger partial charge in [0.2, 0.25) is 0 Å². The van der Waals surface area contributed by atoms with Crippen LogP contribution in [0, 0.1) is 6.92 Å². The highest BCUT2D eigenvalue weighted by atomic mass is 32.1. The number of aryl methyl sites for hydroxylation is 2. The van der Waals surface area contributed by atoms with E-state index in [1.807, 2.05) is 29.0 Å². The van der Waals surface area contributed by atoms with Crippen LogP contribution in [0.3, 0.4) is 0 Å². The van der Waals surface area contributed by atoms with Gasteiger partial charge in [-0.15, -0.1) is 11.3 Å². The number of hydrogen-bond donors (Lipinski definition) is 1. The number of amides is 1. The van der Waals surface area contributed by atoms with Gasteiger partial charge in [-0.2, -0.15) is 0 Å². The molecule has 0 unspecified atom stereocenters. The number of nitrogens with zero attached hydrogens (tertiary/aromatic N) is 2. The summed E-state index contributed by atoms with van der Waals surface area (Å²) < 4.78 is 8.05. The highest BCUT2D eigenvalue weighted by Crippen LogP contribution is 2.27. The number of hydrogen-bond acceptors (Lipinski definition) is 6. The van der Waals surface area contributed by atoms with Gasteiger partial charge in [0.25, 0.3) is 5.91 Å². The lowest BCUT2D eigenvalue weighted by molar-refractivity contribution is 0.0554. The Kier molecular flexibility index (Phi) is 5.00. The molecule has 0 aliphatic carbocycles. The molecule has 1 amide bonds. The van der Waals surface area contributed by atoms with Gasteiger partial charge in [-0.05, 0) is 31.4 Å². The minimum absolute atomic E-state index is 0.138. The normalized spacial score (nSPS) is 10.8. The van der Waals surface area contributed by atoms with Crippen molar-refractivity contribution in [3.05, 3.63) is 46.4 Å². The average molecular weight is 375 g/mol. The van der Waals surface area contributed by atoms with E-state index in [0.717, 1.165) is 21.6 Å². The van der Waals surface area contributed by atoms with Gasteiger partial charge >= 0.3 is 5.97 Å². The maximum Gasteiger partial charge on any atom is 0.350 e. The van der Waals surface area contributed by atoms with Crippen LogP contribution in [0.1, 0.15) is 32.8 Å². The third kappa shape index (κ3) is 3.35. The highest BCUT2D eigenvalue weighted by molar-refractivity contribution is 7.18. The number of rotatable bonds is 6. The number of anilines is 1. The third-order valence-electron chi connectivity index (χ3n) is 3.61. The molecule has 0 saturated heterocycles. The number of carbonyl (C=O) groups excluding carboxylic acids is 2. The van der Waals surface area contributed by atoms with Crippen LogP contribution < -0.4 is 5.32 Å². The number of thiophene rings is 1. The Labute approximate surface area is 152 Å². The maximum atomic E-state index is 12.6. The molecule has 1 N–H and O–H groups in total. The number of thiazole rings is 1. The molecule has 25 heavy (non-hydrogen) atoms. The number of esters is 1. The Bertz CT molecular complexity index is 952. The minimum Gasteiger partial charge on any atom is -0.457 e. The summed E-state index contributed by atoms with van der Waals surface area (Å²) in [7, 11) is 0. The van der Waals surface area contributed by atoms with Crippen LogP contribution in [-0.2, 0) is 11.3 Å². The Morgan fingerprint density at radius 2 is 2.28 bits per heavy atom. The van der Waals surface area contributed by atoms with E-state index in [9.17, 15) is 9.59 Å². The average Bonchev–Trinajstić information content (AvgIpc) is 3.26. The highest BCUT2D eigenvalue weighted by Gasteiger charge is 2.20. The van der Waals surface area contributed by atoms with Crippen molar-refractivity contribution in [2.45, 2.75) is 20.4 Å². The maximum absolute atomic E-state index is 12.6. The SMILES string of the molecule is C=CCOC(=O)c1sc(NC(=O)c2cc3sccc3n2CC)nc1C. The monoisotopic (exact) mass is 375 g/mol. The van der Waals surface area contributed by atoms with Crippen LogP contribution in [0.4, 0.5) is 5.13 Å². The van der Waals surface area contributed by atoms with E-state index >= 15 is 0 Å². The fourth-order valence-electron chi connectivity index (χ4n) is 2.51. The van der Waals surface area contributed by atoms with Crippen molar-refractivity contribution in [3.63, 3.8) is 0 Å². The van der Waals surface area contributed by atoms with Gasteiger partial charge < -0.3 is 9.30 Å². The lowest BCUT2D eigenvalue weighted by Crippen LogP contribution is -2.16. The molecular formula is C17H17N3O3S2. The van der Waals surface area contributed by atoms with E-state index in [4.69, 9.17) is 4.74 Å². The van der Waals surface area contributed by atoms with Crippen LogP contribution in [0.15, 0.2) is 30.2 Å². The topological polar surface area (TPSA) is 73.2 Å². The first kappa shape index (κ1) is 17.4. The molecule has 3 aromatic heterocycles. The van der Waals surface area contributed by atoms with E-state index in [2.05, 4.69) is 16.9 Å². The summed E-state index contributed by atoms with van der Waals surface area (Å²) in [6, 6.07) is 3.88. The van der Waals surface area contributed by atoms with E-state index in [1.165, 1.54) is 6.08 Å². The van der Waals surface area contributed by atoms with Crippen molar-refractivity contribution < 1.29 is 14.3 Å². The summed E-state index contributed by atoms with van der Waals surface area (Å²) in [6.07, 6.45) is 1.50. The van der Waals surface area contributed by atoms with Gasteiger partial charge in [0, 0.05) is 6.54 Å². The van der Waals surface area contributed by atoms with Crippen LogP contribution in [0.2, 0.25) is 0 Å². The summed E-state index contributed by atoms with van der Waals surface area (Å²) >= 11 is 2.70. The van der Waals surface area contributed by atoms with Crippen LogP contribution in [0.5, 0.6) is 0 Å². The molecule has 0 bridgehead atoms. The molecule has 8 heteroatoms. The van der Waals surface area contributed by atoms with Crippen molar-refractivity contribution in [1.29, 1.82) is 0 Å².